The number of halogens is 11. The summed E-state index contributed by atoms with van der Waals surface area (Å²) in [5.74, 6) is -6.97. The molecule has 0 aromatic heterocycles. The van der Waals surface area contributed by atoms with Crippen molar-refractivity contribution in [3.05, 3.63) is 91.2 Å². The van der Waals surface area contributed by atoms with Crippen LogP contribution in [0.4, 0.5) is 30.7 Å². The minimum atomic E-state index is -6.97. The molecule has 0 spiro atoms. The number of hydrogen-bond acceptors (Lipinski definition) is 2. The standard InChI is InChI=1S/C21H10Br2Cl2F7O2S/c22-11-9-14(23)17(12-5-1-3-7-15(12)24)18(10-11,13-6-2-4-8-16(13)25)35(33,34)21(31,32)19(26,27)20(28,29)30/h1-10H. The molecule has 1 aliphatic carbocycles. The van der Waals surface area contributed by atoms with Crippen molar-refractivity contribution in [1.82, 2.24) is 0 Å². The molecule has 2 aromatic rings. The van der Waals surface area contributed by atoms with Crippen molar-refractivity contribution < 1.29 is 39.2 Å². The first kappa shape index (κ1) is 28.5. The molecule has 14 heteroatoms. The van der Waals surface area contributed by atoms with E-state index in [0.717, 1.165) is 18.2 Å². The fourth-order valence-corrected chi connectivity index (χ4v) is 8.14. The van der Waals surface area contributed by atoms with Crippen LogP contribution in [0.3, 0.4) is 0 Å². The lowest BCUT2D eigenvalue weighted by Gasteiger charge is -2.41. The minimum absolute atomic E-state index is 0.197. The zero-order valence-electron chi connectivity index (χ0n) is 16.7. The van der Waals surface area contributed by atoms with Crippen LogP contribution in [0.2, 0.25) is 10.0 Å². The highest BCUT2D eigenvalue weighted by Gasteiger charge is 2.81. The van der Waals surface area contributed by atoms with Crippen molar-refractivity contribution in [1.29, 1.82) is 0 Å². The molecule has 2 nitrogen and oxygen atoms in total. The van der Waals surface area contributed by atoms with E-state index < -0.39 is 48.1 Å². The van der Waals surface area contributed by atoms with E-state index in [2.05, 4.69) is 31.9 Å². The van der Waals surface area contributed by atoms with Crippen LogP contribution in [0, 0.1) is 6.42 Å². The van der Waals surface area contributed by atoms with Gasteiger partial charge in [-0.1, -0.05) is 91.5 Å². The van der Waals surface area contributed by atoms with Crippen molar-refractivity contribution >= 4 is 70.5 Å². The Balaban J connectivity index is 2.59. The molecule has 0 saturated heterocycles. The second-order valence-corrected chi connectivity index (χ2v) is 11.9. The Morgan fingerprint density at radius 3 is 1.83 bits per heavy atom. The topological polar surface area (TPSA) is 34.1 Å². The maximum Gasteiger partial charge on any atom is 0.461 e. The summed E-state index contributed by atoms with van der Waals surface area (Å²) in [7, 11) is -6.88. The SMILES string of the molecule is O=S(=O)(C1(c2ccccc2Cl)C=C(Br)[CH]C(Br)=C1c1ccccc1Cl)C(F)(F)C(F)(F)C(F)(F)F. The van der Waals surface area contributed by atoms with Crippen LogP contribution >= 0.6 is 55.1 Å². The summed E-state index contributed by atoms with van der Waals surface area (Å²) in [6.07, 6.45) is -5.13. The maximum atomic E-state index is 15.1. The van der Waals surface area contributed by atoms with Gasteiger partial charge in [0, 0.05) is 36.6 Å². The lowest BCUT2D eigenvalue weighted by atomic mass is 9.82. The van der Waals surface area contributed by atoms with Crippen LogP contribution in [-0.4, -0.2) is 25.8 Å². The van der Waals surface area contributed by atoms with Gasteiger partial charge in [0.1, 0.15) is 0 Å². The summed E-state index contributed by atoms with van der Waals surface area (Å²) in [6.45, 7) is 0. The zero-order chi connectivity index (χ0) is 26.6. The van der Waals surface area contributed by atoms with Crippen molar-refractivity contribution in [2.24, 2.45) is 0 Å². The molecule has 35 heavy (non-hydrogen) atoms. The Morgan fingerprint density at radius 2 is 1.31 bits per heavy atom. The third-order valence-electron chi connectivity index (χ3n) is 5.12. The van der Waals surface area contributed by atoms with Gasteiger partial charge < -0.3 is 0 Å². The summed E-state index contributed by atoms with van der Waals surface area (Å²) in [5.41, 5.74) is -1.57. The third-order valence-corrected chi connectivity index (χ3v) is 9.18. The number of alkyl halides is 7. The van der Waals surface area contributed by atoms with Crippen molar-refractivity contribution in [3.8, 4) is 0 Å². The van der Waals surface area contributed by atoms with E-state index in [1.807, 2.05) is 0 Å². The van der Waals surface area contributed by atoms with Crippen molar-refractivity contribution in [2.45, 2.75) is 22.1 Å². The van der Waals surface area contributed by atoms with Gasteiger partial charge in [-0.2, -0.15) is 30.7 Å². The van der Waals surface area contributed by atoms with Crippen molar-refractivity contribution in [2.75, 3.05) is 0 Å². The van der Waals surface area contributed by atoms with Crippen LogP contribution < -0.4 is 0 Å². The molecule has 0 saturated carbocycles. The van der Waals surface area contributed by atoms with E-state index in [1.54, 1.807) is 0 Å². The van der Waals surface area contributed by atoms with E-state index in [9.17, 15) is 30.4 Å². The lowest BCUT2D eigenvalue weighted by Crippen LogP contribution is -2.60. The highest BCUT2D eigenvalue weighted by atomic mass is 79.9. The normalized spacial score (nSPS) is 20.1. The Hall–Kier alpha value is -1.08. The van der Waals surface area contributed by atoms with Gasteiger partial charge in [-0.15, -0.1) is 0 Å². The molecule has 1 radical (unpaired) electrons. The van der Waals surface area contributed by atoms with Crippen LogP contribution in [0.25, 0.3) is 5.57 Å². The predicted octanol–water partition coefficient (Wildman–Crippen LogP) is 8.70. The van der Waals surface area contributed by atoms with Crippen LogP contribution in [0.5, 0.6) is 0 Å². The first-order chi connectivity index (χ1) is 15.9. The van der Waals surface area contributed by atoms with Crippen LogP contribution in [0.1, 0.15) is 11.1 Å². The van der Waals surface area contributed by atoms with E-state index in [1.165, 1.54) is 36.8 Å². The quantitative estimate of drug-likeness (QED) is 0.295. The fraction of sp³-hybridized carbons (Fsp3) is 0.190. The molecule has 0 heterocycles. The van der Waals surface area contributed by atoms with E-state index in [4.69, 9.17) is 23.2 Å². The molecule has 3 rings (SSSR count). The highest BCUT2D eigenvalue weighted by Crippen LogP contribution is 2.61. The van der Waals surface area contributed by atoms with Gasteiger partial charge in [0.05, 0.1) is 0 Å². The molecule has 1 atom stereocenters. The molecular formula is C21H10Br2Cl2F7O2S. The average molecular weight is 690 g/mol. The number of benzene rings is 2. The first-order valence-corrected chi connectivity index (χ1v) is 13.0. The summed E-state index contributed by atoms with van der Waals surface area (Å²) < 4.78 is 121. The van der Waals surface area contributed by atoms with E-state index in [0.29, 0.717) is 6.08 Å². The number of hydrogen-bond donors (Lipinski definition) is 0. The lowest BCUT2D eigenvalue weighted by molar-refractivity contribution is -0.332. The smallest absolute Gasteiger partial charge is 0.221 e. The van der Waals surface area contributed by atoms with E-state index >= 15 is 8.78 Å². The molecule has 2 aromatic carbocycles. The molecule has 0 amide bonds. The molecular weight excluding hydrogens is 680 g/mol. The largest absolute Gasteiger partial charge is 0.461 e. The molecule has 0 N–H and O–H groups in total. The van der Waals surface area contributed by atoms with Gasteiger partial charge in [-0.25, -0.2) is 8.42 Å². The highest BCUT2D eigenvalue weighted by molar-refractivity contribution is 9.12. The van der Waals surface area contributed by atoms with Gasteiger partial charge in [-0.05, 0) is 23.8 Å². The first-order valence-electron chi connectivity index (χ1n) is 9.13. The Kier molecular flexibility index (Phi) is 7.60. The average Bonchev–Trinajstić information content (AvgIpc) is 2.73. The molecule has 0 bridgehead atoms. The molecule has 1 aliphatic rings. The third kappa shape index (κ3) is 4.26. The molecule has 0 fully saturated rings. The monoisotopic (exact) mass is 687 g/mol. The predicted molar refractivity (Wildman–Crippen MR) is 127 cm³/mol. The second-order valence-electron chi connectivity index (χ2n) is 7.18. The minimum Gasteiger partial charge on any atom is -0.221 e. The Morgan fingerprint density at radius 1 is 0.800 bits per heavy atom. The number of rotatable bonds is 5. The van der Waals surface area contributed by atoms with E-state index in [-0.39, 0.29) is 19.6 Å². The van der Waals surface area contributed by atoms with Gasteiger partial charge in [-0.3, -0.25) is 0 Å². The van der Waals surface area contributed by atoms with Gasteiger partial charge >= 0.3 is 17.4 Å². The Labute approximate surface area is 222 Å². The molecule has 189 valence electrons. The maximum absolute atomic E-state index is 15.1. The van der Waals surface area contributed by atoms with Gasteiger partial charge in [0.25, 0.3) is 0 Å². The Bertz CT molecular complexity index is 1340. The van der Waals surface area contributed by atoms with Gasteiger partial charge in [0.15, 0.2) is 4.75 Å². The zero-order valence-corrected chi connectivity index (χ0v) is 22.2. The fourth-order valence-electron chi connectivity index (χ4n) is 3.54. The van der Waals surface area contributed by atoms with Crippen LogP contribution in [0.15, 0.2) is 63.6 Å². The summed E-state index contributed by atoms with van der Waals surface area (Å²) in [6, 6.07) is 9.66. The summed E-state index contributed by atoms with van der Waals surface area (Å²) in [4.78, 5) is 0. The second kappa shape index (κ2) is 9.34. The summed E-state index contributed by atoms with van der Waals surface area (Å²) in [5, 5.41) is -7.35. The summed E-state index contributed by atoms with van der Waals surface area (Å²) >= 11 is 18.3. The number of allylic oxidation sites excluding steroid dienone is 2. The van der Waals surface area contributed by atoms with Crippen molar-refractivity contribution in [3.63, 3.8) is 0 Å². The van der Waals surface area contributed by atoms with Crippen LogP contribution in [-0.2, 0) is 14.6 Å². The molecule has 1 unspecified atom stereocenters. The van der Waals surface area contributed by atoms with Gasteiger partial charge in [0.2, 0.25) is 9.84 Å². The number of sulfone groups is 1. The molecule has 0 aliphatic heterocycles.